The molecule has 1 aliphatic heterocycles. The van der Waals surface area contributed by atoms with Crippen molar-refractivity contribution in [3.8, 4) is 22.8 Å². The van der Waals surface area contributed by atoms with Crippen molar-refractivity contribution in [2.24, 2.45) is 0 Å². The molecule has 0 atom stereocenters. The maximum absolute atomic E-state index is 4.91. The minimum absolute atomic E-state index is 0.748. The van der Waals surface area contributed by atoms with E-state index in [4.69, 9.17) is 4.98 Å². The Morgan fingerprint density at radius 1 is 0.966 bits per heavy atom. The predicted molar refractivity (Wildman–Crippen MR) is 113 cm³/mol. The van der Waals surface area contributed by atoms with Gasteiger partial charge in [-0.3, -0.25) is 15.1 Å². The summed E-state index contributed by atoms with van der Waals surface area (Å²) in [5, 5.41) is 12.0. The highest BCUT2D eigenvalue weighted by molar-refractivity contribution is 5.93. The number of anilines is 1. The van der Waals surface area contributed by atoms with Gasteiger partial charge >= 0.3 is 0 Å². The van der Waals surface area contributed by atoms with Gasteiger partial charge in [-0.1, -0.05) is 6.07 Å². The predicted octanol–water partition coefficient (Wildman–Crippen LogP) is 2.59. The molecule has 2 N–H and O–H groups in total. The number of nitrogens with one attached hydrogen (secondary N) is 2. The second-order valence-electron chi connectivity index (χ2n) is 7.20. The molecule has 5 rings (SSSR count). The molecule has 1 saturated heterocycles. The Bertz CT molecular complexity index is 1140. The average Bonchev–Trinajstić information content (AvgIpc) is 2.98. The molecular weight excluding hydrogens is 364 g/mol. The van der Waals surface area contributed by atoms with Gasteiger partial charge in [0, 0.05) is 31.2 Å². The molecule has 146 valence electrons. The lowest BCUT2D eigenvalue weighted by Gasteiger charge is -2.21. The third-order valence-electron chi connectivity index (χ3n) is 5.11. The minimum atomic E-state index is 0.748. The van der Waals surface area contributed by atoms with Crippen molar-refractivity contribution >= 4 is 16.7 Å². The van der Waals surface area contributed by atoms with E-state index in [0.29, 0.717) is 0 Å². The minimum Gasteiger partial charge on any atom is -0.355 e. The van der Waals surface area contributed by atoms with Crippen molar-refractivity contribution in [2.45, 2.75) is 13.3 Å². The summed E-state index contributed by atoms with van der Waals surface area (Å²) in [5.41, 5.74) is 4.91. The van der Waals surface area contributed by atoms with Crippen molar-refractivity contribution in [2.75, 3.05) is 31.1 Å². The second kappa shape index (κ2) is 7.56. The van der Waals surface area contributed by atoms with Crippen molar-refractivity contribution < 1.29 is 0 Å². The van der Waals surface area contributed by atoms with Gasteiger partial charge in [0.05, 0.1) is 35.0 Å². The molecule has 4 aromatic rings. The maximum atomic E-state index is 4.91. The van der Waals surface area contributed by atoms with Crippen LogP contribution in [0.15, 0.2) is 42.9 Å². The van der Waals surface area contributed by atoms with Crippen LogP contribution in [0.25, 0.3) is 33.7 Å². The summed E-state index contributed by atoms with van der Waals surface area (Å²) in [5.74, 6) is 0.987. The fourth-order valence-electron chi connectivity index (χ4n) is 3.65. The van der Waals surface area contributed by atoms with Crippen molar-refractivity contribution in [3.63, 3.8) is 0 Å². The molecule has 0 saturated carbocycles. The Labute approximate surface area is 168 Å². The number of fused-ring (bicyclic) bond motifs is 1. The van der Waals surface area contributed by atoms with Gasteiger partial charge in [-0.15, -0.1) is 0 Å². The largest absolute Gasteiger partial charge is 0.355 e. The first-order valence-electron chi connectivity index (χ1n) is 9.84. The molecular formula is C21H22N8. The van der Waals surface area contributed by atoms with Gasteiger partial charge in [0.15, 0.2) is 0 Å². The summed E-state index contributed by atoms with van der Waals surface area (Å²) < 4.78 is 0. The van der Waals surface area contributed by atoms with Crippen molar-refractivity contribution in [3.05, 3.63) is 48.5 Å². The number of pyridine rings is 2. The highest BCUT2D eigenvalue weighted by Crippen LogP contribution is 2.28. The molecule has 0 unspecified atom stereocenters. The van der Waals surface area contributed by atoms with Gasteiger partial charge in [-0.2, -0.15) is 5.10 Å². The van der Waals surface area contributed by atoms with Gasteiger partial charge in [-0.05, 0) is 38.1 Å². The first-order valence-corrected chi connectivity index (χ1v) is 9.84. The van der Waals surface area contributed by atoms with E-state index in [9.17, 15) is 0 Å². The zero-order valence-corrected chi connectivity index (χ0v) is 16.3. The molecule has 0 amide bonds. The lowest BCUT2D eigenvalue weighted by molar-refractivity contribution is 0.724. The summed E-state index contributed by atoms with van der Waals surface area (Å²) in [4.78, 5) is 20.5. The van der Waals surface area contributed by atoms with E-state index in [1.165, 1.54) is 0 Å². The van der Waals surface area contributed by atoms with Crippen LogP contribution in [0, 0.1) is 6.92 Å². The Morgan fingerprint density at radius 3 is 2.86 bits per heavy atom. The third-order valence-corrected chi connectivity index (χ3v) is 5.11. The van der Waals surface area contributed by atoms with Crippen LogP contribution >= 0.6 is 0 Å². The van der Waals surface area contributed by atoms with Crippen LogP contribution in [0.4, 0.5) is 5.82 Å². The van der Waals surface area contributed by atoms with E-state index in [2.05, 4.69) is 41.4 Å². The second-order valence-corrected chi connectivity index (χ2v) is 7.20. The van der Waals surface area contributed by atoms with Gasteiger partial charge in [0.2, 0.25) is 0 Å². The van der Waals surface area contributed by atoms with E-state index in [-0.39, 0.29) is 0 Å². The molecule has 0 aliphatic carbocycles. The van der Waals surface area contributed by atoms with Crippen LogP contribution in [-0.4, -0.2) is 56.3 Å². The number of H-pyrrole nitrogens is 1. The third kappa shape index (κ3) is 3.54. The van der Waals surface area contributed by atoms with Gasteiger partial charge in [0.1, 0.15) is 17.2 Å². The van der Waals surface area contributed by atoms with Crippen LogP contribution < -0.4 is 10.2 Å². The lowest BCUT2D eigenvalue weighted by atomic mass is 10.1. The molecule has 0 aromatic carbocycles. The number of hydrogen-bond acceptors (Lipinski definition) is 7. The molecule has 0 spiro atoms. The monoisotopic (exact) mass is 386 g/mol. The van der Waals surface area contributed by atoms with Gasteiger partial charge < -0.3 is 10.2 Å². The van der Waals surface area contributed by atoms with Crippen molar-refractivity contribution in [1.82, 2.24) is 35.5 Å². The Morgan fingerprint density at radius 2 is 1.93 bits per heavy atom. The molecule has 5 heterocycles. The molecule has 1 fully saturated rings. The molecule has 0 bridgehead atoms. The fourth-order valence-corrected chi connectivity index (χ4v) is 3.65. The van der Waals surface area contributed by atoms with E-state index >= 15 is 0 Å². The highest BCUT2D eigenvalue weighted by Gasteiger charge is 2.15. The molecule has 8 heteroatoms. The first kappa shape index (κ1) is 17.7. The Balaban J connectivity index is 1.55. The number of aryl methyl sites for hydroxylation is 1. The maximum Gasteiger partial charge on any atom is 0.129 e. The van der Waals surface area contributed by atoms with E-state index in [0.717, 1.165) is 77.8 Å². The molecule has 0 radical (unpaired) electrons. The van der Waals surface area contributed by atoms with Crippen LogP contribution in [0.3, 0.4) is 0 Å². The van der Waals surface area contributed by atoms with Gasteiger partial charge in [-0.25, -0.2) is 9.97 Å². The van der Waals surface area contributed by atoms with E-state index in [1.807, 2.05) is 25.1 Å². The summed E-state index contributed by atoms with van der Waals surface area (Å²) >= 11 is 0. The van der Waals surface area contributed by atoms with Crippen LogP contribution in [0.1, 0.15) is 12.1 Å². The molecule has 4 aromatic heterocycles. The summed E-state index contributed by atoms with van der Waals surface area (Å²) in [6, 6.07) is 8.12. The first-order chi connectivity index (χ1) is 14.3. The standard InChI is InChI=1S/C21H22N8/c1-14-11-23-12-19(25-14)17-10-15-18(13-24-17)27-28-21(15)16-4-2-5-20(26-16)29-8-3-6-22-7-9-29/h2,4-5,10-13,22H,3,6-9H2,1H3,(H,27,28). The van der Waals surface area contributed by atoms with Crippen LogP contribution in [0.2, 0.25) is 0 Å². The Kier molecular flexibility index (Phi) is 4.61. The molecule has 1 aliphatic rings. The van der Waals surface area contributed by atoms with Crippen molar-refractivity contribution in [1.29, 1.82) is 0 Å². The normalized spacial score (nSPS) is 14.9. The highest BCUT2D eigenvalue weighted by atomic mass is 15.2. The zero-order chi connectivity index (χ0) is 19.6. The smallest absolute Gasteiger partial charge is 0.129 e. The van der Waals surface area contributed by atoms with Gasteiger partial charge in [0.25, 0.3) is 0 Å². The number of rotatable bonds is 3. The number of hydrogen-bond donors (Lipinski definition) is 2. The number of aromatic amines is 1. The zero-order valence-electron chi connectivity index (χ0n) is 16.3. The number of nitrogens with zero attached hydrogens (tertiary/aromatic N) is 6. The average molecular weight is 386 g/mol. The molecule has 8 nitrogen and oxygen atoms in total. The lowest BCUT2D eigenvalue weighted by Crippen LogP contribution is -2.28. The van der Waals surface area contributed by atoms with Crippen LogP contribution in [0.5, 0.6) is 0 Å². The molecule has 29 heavy (non-hydrogen) atoms. The topological polar surface area (TPSA) is 95.5 Å². The van der Waals surface area contributed by atoms with Crippen LogP contribution in [-0.2, 0) is 0 Å². The Hall–Kier alpha value is -3.39. The number of aromatic nitrogens is 6. The van der Waals surface area contributed by atoms with E-state index in [1.54, 1.807) is 18.6 Å². The summed E-state index contributed by atoms with van der Waals surface area (Å²) in [6.45, 7) is 5.91. The fraction of sp³-hybridized carbons (Fsp3) is 0.286. The van der Waals surface area contributed by atoms with E-state index < -0.39 is 0 Å². The SMILES string of the molecule is Cc1cncc(-c2cc3c(-c4cccc(N5CCCNCC5)n4)n[nH]c3cn2)n1. The summed E-state index contributed by atoms with van der Waals surface area (Å²) in [7, 11) is 0. The summed E-state index contributed by atoms with van der Waals surface area (Å²) in [6.07, 6.45) is 6.37. The quantitative estimate of drug-likeness (QED) is 0.559.